The molecule has 0 radical (unpaired) electrons. The Morgan fingerprint density at radius 3 is 2.93 bits per heavy atom. The first-order valence-corrected chi connectivity index (χ1v) is 5.87. The average molecular weight is 364 g/mol. The van der Waals surface area contributed by atoms with Crippen LogP contribution in [0.2, 0.25) is 0 Å². The molecule has 2 nitrogen and oxygen atoms in total. The molecule has 0 spiro atoms. The molecule has 4 heteroatoms. The van der Waals surface area contributed by atoms with E-state index in [1.807, 2.05) is 18.3 Å². The minimum atomic E-state index is 0.856. The summed E-state index contributed by atoms with van der Waals surface area (Å²) in [6.45, 7) is 0. The summed E-state index contributed by atoms with van der Waals surface area (Å²) >= 11 is 5.70. The Morgan fingerprint density at radius 1 is 1.43 bits per heavy atom. The van der Waals surface area contributed by atoms with Crippen LogP contribution >= 0.6 is 38.5 Å². The summed E-state index contributed by atoms with van der Waals surface area (Å²) in [6.07, 6.45) is 1.84. The molecule has 0 aliphatic heterocycles. The number of ether oxygens (including phenoxy) is 1. The highest BCUT2D eigenvalue weighted by Gasteiger charge is 2.05. The van der Waals surface area contributed by atoms with Gasteiger partial charge in [0.05, 0.1) is 12.6 Å². The van der Waals surface area contributed by atoms with Crippen LogP contribution < -0.4 is 4.74 Å². The van der Waals surface area contributed by atoms with Crippen molar-refractivity contribution in [1.82, 2.24) is 4.98 Å². The number of hydrogen-bond acceptors (Lipinski definition) is 2. The molecule has 0 saturated heterocycles. The summed E-state index contributed by atoms with van der Waals surface area (Å²) in [6, 6.07) is 5.94. The van der Waals surface area contributed by atoms with Crippen LogP contribution in [-0.2, 0) is 0 Å². The molecule has 0 saturated carbocycles. The second-order valence-corrected chi connectivity index (χ2v) is 4.90. The summed E-state index contributed by atoms with van der Waals surface area (Å²) < 4.78 is 7.37. The van der Waals surface area contributed by atoms with Gasteiger partial charge in [-0.3, -0.25) is 4.98 Å². The maximum absolute atomic E-state index is 5.27. The molecule has 0 bridgehead atoms. The molecule has 1 aromatic carbocycles. The number of nitrogens with zero attached hydrogens (tertiary/aromatic N) is 1. The maximum atomic E-state index is 5.27. The molecule has 0 N–H and O–H groups in total. The third kappa shape index (κ3) is 1.72. The van der Waals surface area contributed by atoms with Crippen LogP contribution in [0.25, 0.3) is 10.9 Å². The van der Waals surface area contributed by atoms with Gasteiger partial charge in [-0.25, -0.2) is 0 Å². The fraction of sp³-hybridized carbons (Fsp3) is 0.100. The van der Waals surface area contributed by atoms with Crippen LogP contribution in [0.4, 0.5) is 0 Å². The number of aromatic nitrogens is 1. The Hall–Kier alpha value is -0.360. The minimum absolute atomic E-state index is 0.856. The molecule has 0 fully saturated rings. The Labute approximate surface area is 104 Å². The molecule has 1 aromatic heterocycles. The lowest BCUT2D eigenvalue weighted by molar-refractivity contribution is 0.419. The van der Waals surface area contributed by atoms with E-state index in [-0.39, 0.29) is 0 Å². The van der Waals surface area contributed by atoms with Crippen LogP contribution in [0, 0.1) is 3.57 Å². The second kappa shape index (κ2) is 4.02. The van der Waals surface area contributed by atoms with Gasteiger partial charge in [-0.2, -0.15) is 0 Å². The predicted molar refractivity (Wildman–Crippen MR) is 68.7 cm³/mol. The van der Waals surface area contributed by atoms with Gasteiger partial charge in [-0.1, -0.05) is 0 Å². The van der Waals surface area contributed by atoms with Gasteiger partial charge < -0.3 is 4.74 Å². The maximum Gasteiger partial charge on any atom is 0.128 e. The second-order valence-electron chi connectivity index (χ2n) is 2.80. The van der Waals surface area contributed by atoms with Crippen molar-refractivity contribution in [3.63, 3.8) is 0 Å². The van der Waals surface area contributed by atoms with Gasteiger partial charge in [0.1, 0.15) is 5.75 Å². The largest absolute Gasteiger partial charge is 0.496 e. The van der Waals surface area contributed by atoms with Crippen molar-refractivity contribution in [2.24, 2.45) is 0 Å². The number of fused-ring (bicyclic) bond motifs is 1. The van der Waals surface area contributed by atoms with Gasteiger partial charge >= 0.3 is 0 Å². The first-order valence-electron chi connectivity index (χ1n) is 4.00. The van der Waals surface area contributed by atoms with Gasteiger partial charge in [0.15, 0.2) is 0 Å². The van der Waals surface area contributed by atoms with Crippen molar-refractivity contribution in [1.29, 1.82) is 0 Å². The molecule has 72 valence electrons. The Kier molecular flexibility index (Phi) is 2.92. The van der Waals surface area contributed by atoms with Crippen molar-refractivity contribution in [3.05, 3.63) is 32.4 Å². The van der Waals surface area contributed by atoms with Gasteiger partial charge in [0, 0.05) is 19.6 Å². The van der Waals surface area contributed by atoms with Crippen LogP contribution in [0.1, 0.15) is 0 Å². The first kappa shape index (κ1) is 10.2. The Balaban J connectivity index is 2.85. The lowest BCUT2D eigenvalue weighted by Crippen LogP contribution is -1.88. The molecule has 14 heavy (non-hydrogen) atoms. The van der Waals surface area contributed by atoms with Crippen LogP contribution in [0.15, 0.2) is 28.9 Å². The zero-order valence-electron chi connectivity index (χ0n) is 7.42. The van der Waals surface area contributed by atoms with Gasteiger partial charge in [-0.15, -0.1) is 0 Å². The molecule has 0 unspecified atom stereocenters. The predicted octanol–water partition coefficient (Wildman–Crippen LogP) is 3.61. The number of pyridine rings is 1. The summed E-state index contributed by atoms with van der Waals surface area (Å²) in [5.41, 5.74) is 0.935. The molecule has 2 rings (SSSR count). The van der Waals surface area contributed by atoms with E-state index in [2.05, 4.69) is 49.6 Å². The molecular formula is C10H7BrINO. The average Bonchev–Trinajstić information content (AvgIpc) is 2.18. The number of rotatable bonds is 1. The van der Waals surface area contributed by atoms with Crippen molar-refractivity contribution >= 4 is 49.4 Å². The van der Waals surface area contributed by atoms with Crippen molar-refractivity contribution in [2.45, 2.75) is 0 Å². The highest BCUT2D eigenvalue weighted by atomic mass is 127. The smallest absolute Gasteiger partial charge is 0.128 e. The molecule has 0 atom stereocenters. The molecule has 1 heterocycles. The van der Waals surface area contributed by atoms with Crippen molar-refractivity contribution in [3.8, 4) is 5.75 Å². The summed E-state index contributed by atoms with van der Waals surface area (Å²) in [7, 11) is 1.67. The zero-order chi connectivity index (χ0) is 10.1. The molecule has 0 aliphatic rings. The monoisotopic (exact) mass is 363 g/mol. The van der Waals surface area contributed by atoms with E-state index in [1.54, 1.807) is 7.11 Å². The fourth-order valence-corrected chi connectivity index (χ4v) is 2.21. The van der Waals surface area contributed by atoms with E-state index >= 15 is 0 Å². The van der Waals surface area contributed by atoms with Crippen molar-refractivity contribution in [2.75, 3.05) is 7.11 Å². The summed E-state index contributed by atoms with van der Waals surface area (Å²) in [5, 5.41) is 1.04. The van der Waals surface area contributed by atoms with E-state index < -0.39 is 0 Å². The highest BCUT2D eigenvalue weighted by Crippen LogP contribution is 2.30. The fourth-order valence-electron chi connectivity index (χ4n) is 1.31. The first-order chi connectivity index (χ1) is 6.72. The van der Waals surface area contributed by atoms with Crippen LogP contribution in [-0.4, -0.2) is 12.1 Å². The molecular weight excluding hydrogens is 357 g/mol. The number of methoxy groups -OCH3 is 1. The SMILES string of the molecule is COc1ccc(Br)c2ncc(I)cc12. The third-order valence-electron chi connectivity index (χ3n) is 1.95. The minimum Gasteiger partial charge on any atom is -0.496 e. The van der Waals surface area contributed by atoms with Gasteiger partial charge in [0.25, 0.3) is 0 Å². The van der Waals surface area contributed by atoms with Gasteiger partial charge in [-0.05, 0) is 56.7 Å². The Bertz CT molecular complexity index is 487. The topological polar surface area (TPSA) is 22.1 Å². The standard InChI is InChI=1S/C10H7BrINO/c1-14-9-3-2-8(11)10-7(9)4-6(12)5-13-10/h2-5H,1H3. The van der Waals surface area contributed by atoms with E-state index in [1.165, 1.54) is 0 Å². The normalized spacial score (nSPS) is 10.5. The van der Waals surface area contributed by atoms with Crippen molar-refractivity contribution < 1.29 is 4.74 Å². The summed E-state index contributed by atoms with van der Waals surface area (Å²) in [5.74, 6) is 0.856. The molecule has 2 aromatic rings. The van der Waals surface area contributed by atoms with E-state index in [0.29, 0.717) is 0 Å². The zero-order valence-corrected chi connectivity index (χ0v) is 11.2. The third-order valence-corrected chi connectivity index (χ3v) is 3.18. The quantitative estimate of drug-likeness (QED) is 0.722. The van der Waals surface area contributed by atoms with E-state index in [0.717, 1.165) is 24.7 Å². The lowest BCUT2D eigenvalue weighted by atomic mass is 10.2. The molecule has 0 amide bonds. The number of halogens is 2. The van der Waals surface area contributed by atoms with E-state index in [4.69, 9.17) is 4.74 Å². The number of hydrogen-bond donors (Lipinski definition) is 0. The van der Waals surface area contributed by atoms with Gasteiger partial charge in [0.2, 0.25) is 0 Å². The van der Waals surface area contributed by atoms with E-state index in [9.17, 15) is 0 Å². The van der Waals surface area contributed by atoms with Crippen LogP contribution in [0.3, 0.4) is 0 Å². The molecule has 0 aliphatic carbocycles. The van der Waals surface area contributed by atoms with Crippen LogP contribution in [0.5, 0.6) is 5.75 Å². The number of benzene rings is 1. The lowest BCUT2D eigenvalue weighted by Gasteiger charge is -2.06. The Morgan fingerprint density at radius 2 is 2.21 bits per heavy atom. The summed E-state index contributed by atoms with van der Waals surface area (Å²) in [4.78, 5) is 4.35. The highest BCUT2D eigenvalue weighted by molar-refractivity contribution is 14.1.